The molecule has 0 N–H and O–H groups in total. The summed E-state index contributed by atoms with van der Waals surface area (Å²) >= 11 is 0. The molecule has 0 spiro atoms. The van der Waals surface area contributed by atoms with Crippen molar-refractivity contribution in [2.45, 2.75) is 26.4 Å². The van der Waals surface area contributed by atoms with E-state index in [4.69, 9.17) is 4.74 Å². The minimum atomic E-state index is -0.105. The van der Waals surface area contributed by atoms with Crippen molar-refractivity contribution >= 4 is 16.9 Å². The van der Waals surface area contributed by atoms with Crippen molar-refractivity contribution in [3.8, 4) is 5.75 Å². The van der Waals surface area contributed by atoms with Crippen LogP contribution in [0.2, 0.25) is 0 Å². The Labute approximate surface area is 158 Å². The summed E-state index contributed by atoms with van der Waals surface area (Å²) < 4.78 is 8.66. The predicted octanol–water partition coefficient (Wildman–Crippen LogP) is 2.71. The zero-order valence-electron chi connectivity index (χ0n) is 16.2. The van der Waals surface area contributed by atoms with E-state index in [9.17, 15) is 9.59 Å². The molecule has 0 bridgehead atoms. The van der Waals surface area contributed by atoms with E-state index < -0.39 is 0 Å². The van der Waals surface area contributed by atoms with Crippen LogP contribution in [0.1, 0.15) is 17.5 Å². The lowest BCUT2D eigenvalue weighted by molar-refractivity contribution is -0.130. The Bertz CT molecular complexity index is 1030. The van der Waals surface area contributed by atoms with Crippen LogP contribution in [0.5, 0.6) is 5.75 Å². The molecule has 0 unspecified atom stereocenters. The number of carbonyl (C=O) groups excluding carboxylic acids is 1. The van der Waals surface area contributed by atoms with Crippen molar-refractivity contribution in [3.05, 3.63) is 64.1 Å². The maximum Gasteiger partial charge on any atom is 0.328 e. The largest absolute Gasteiger partial charge is 0.496 e. The number of amides is 1. The van der Waals surface area contributed by atoms with E-state index in [1.807, 2.05) is 49.4 Å². The quantitative estimate of drug-likeness (QED) is 0.673. The Balaban J connectivity index is 1.72. The van der Waals surface area contributed by atoms with E-state index in [2.05, 4.69) is 0 Å². The van der Waals surface area contributed by atoms with Crippen LogP contribution in [0.3, 0.4) is 0 Å². The molecular formula is C21H25N3O3. The van der Waals surface area contributed by atoms with Crippen LogP contribution in [0.15, 0.2) is 47.3 Å². The lowest BCUT2D eigenvalue weighted by atomic mass is 10.1. The fourth-order valence-electron chi connectivity index (χ4n) is 3.35. The summed E-state index contributed by atoms with van der Waals surface area (Å²) in [6.45, 7) is 2.83. The first-order valence-electron chi connectivity index (χ1n) is 8.94. The zero-order chi connectivity index (χ0) is 19.6. The number of aromatic nitrogens is 2. The van der Waals surface area contributed by atoms with Crippen LogP contribution in [0.25, 0.3) is 11.0 Å². The van der Waals surface area contributed by atoms with E-state index >= 15 is 0 Å². The molecule has 3 aromatic rings. The average molecular weight is 367 g/mol. The third-order valence-corrected chi connectivity index (χ3v) is 4.87. The Kier molecular flexibility index (Phi) is 5.35. The van der Waals surface area contributed by atoms with Gasteiger partial charge in [0.1, 0.15) is 5.75 Å². The highest BCUT2D eigenvalue weighted by atomic mass is 16.5. The number of nitrogens with zero attached hydrogens (tertiary/aromatic N) is 3. The second kappa shape index (κ2) is 7.70. The minimum Gasteiger partial charge on any atom is -0.496 e. The summed E-state index contributed by atoms with van der Waals surface area (Å²) in [7, 11) is 5.15. The molecule has 6 nitrogen and oxygen atoms in total. The summed E-state index contributed by atoms with van der Waals surface area (Å²) in [5, 5.41) is 0. The van der Waals surface area contributed by atoms with Crippen molar-refractivity contribution in [2.24, 2.45) is 7.05 Å². The number of hydrogen-bond acceptors (Lipinski definition) is 3. The van der Waals surface area contributed by atoms with Gasteiger partial charge in [-0.2, -0.15) is 0 Å². The van der Waals surface area contributed by atoms with Gasteiger partial charge in [-0.15, -0.1) is 0 Å². The number of fused-ring (bicyclic) bond motifs is 1. The van der Waals surface area contributed by atoms with Gasteiger partial charge in [-0.05, 0) is 25.1 Å². The number of benzene rings is 2. The molecule has 6 heteroatoms. The summed E-state index contributed by atoms with van der Waals surface area (Å²) in [6.07, 6.45) is 0.262. The second-order valence-electron chi connectivity index (χ2n) is 6.80. The van der Waals surface area contributed by atoms with Crippen LogP contribution >= 0.6 is 0 Å². The van der Waals surface area contributed by atoms with Gasteiger partial charge in [-0.1, -0.05) is 29.8 Å². The predicted molar refractivity (Wildman–Crippen MR) is 106 cm³/mol. The first-order valence-corrected chi connectivity index (χ1v) is 8.94. The van der Waals surface area contributed by atoms with E-state index in [-0.39, 0.29) is 18.0 Å². The van der Waals surface area contributed by atoms with E-state index in [1.165, 1.54) is 0 Å². The van der Waals surface area contributed by atoms with Crippen molar-refractivity contribution < 1.29 is 9.53 Å². The maximum atomic E-state index is 12.6. The highest BCUT2D eigenvalue weighted by Crippen LogP contribution is 2.21. The summed E-state index contributed by atoms with van der Waals surface area (Å²) in [6, 6.07) is 13.5. The second-order valence-corrected chi connectivity index (χ2v) is 6.80. The van der Waals surface area contributed by atoms with E-state index in [0.717, 1.165) is 27.9 Å². The van der Waals surface area contributed by atoms with E-state index in [0.29, 0.717) is 13.1 Å². The van der Waals surface area contributed by atoms with Gasteiger partial charge in [0.25, 0.3) is 0 Å². The smallest absolute Gasteiger partial charge is 0.328 e. The maximum absolute atomic E-state index is 12.6. The van der Waals surface area contributed by atoms with Crippen molar-refractivity contribution in [1.82, 2.24) is 14.0 Å². The third-order valence-electron chi connectivity index (χ3n) is 4.87. The number of hydrogen-bond donors (Lipinski definition) is 0. The number of carbonyl (C=O) groups is 1. The molecule has 2 aromatic carbocycles. The minimum absolute atomic E-state index is 0.0154. The Morgan fingerprint density at radius 2 is 1.85 bits per heavy atom. The summed E-state index contributed by atoms with van der Waals surface area (Å²) in [4.78, 5) is 26.8. The summed E-state index contributed by atoms with van der Waals surface area (Å²) in [5.41, 5.74) is 3.70. The van der Waals surface area contributed by atoms with Gasteiger partial charge in [0.05, 0.1) is 18.1 Å². The van der Waals surface area contributed by atoms with Gasteiger partial charge in [-0.3, -0.25) is 13.9 Å². The molecule has 0 aliphatic rings. The van der Waals surface area contributed by atoms with Crippen LogP contribution in [-0.2, 0) is 24.9 Å². The Morgan fingerprint density at radius 1 is 1.15 bits per heavy atom. The van der Waals surface area contributed by atoms with Gasteiger partial charge in [0, 0.05) is 39.2 Å². The topological polar surface area (TPSA) is 56.5 Å². The van der Waals surface area contributed by atoms with Crippen LogP contribution in [0.4, 0.5) is 0 Å². The van der Waals surface area contributed by atoms with Crippen molar-refractivity contribution in [2.75, 3.05) is 14.2 Å². The molecule has 0 fully saturated rings. The molecule has 142 valence electrons. The molecule has 0 aliphatic heterocycles. The lowest BCUT2D eigenvalue weighted by Gasteiger charge is -2.19. The Hall–Kier alpha value is -3.02. The van der Waals surface area contributed by atoms with E-state index in [1.54, 1.807) is 35.2 Å². The molecule has 27 heavy (non-hydrogen) atoms. The molecule has 0 aliphatic carbocycles. The molecule has 1 amide bonds. The highest BCUT2D eigenvalue weighted by molar-refractivity contribution is 5.78. The van der Waals surface area contributed by atoms with Gasteiger partial charge < -0.3 is 9.64 Å². The van der Waals surface area contributed by atoms with Gasteiger partial charge in [0.2, 0.25) is 5.91 Å². The number of para-hydroxylation sites is 2. The van der Waals surface area contributed by atoms with Gasteiger partial charge >= 0.3 is 5.69 Å². The zero-order valence-corrected chi connectivity index (χ0v) is 16.2. The SMILES string of the molecule is COc1ccc(C)cc1CN(C)C(=O)CCn1c(=O)n(C)c2ccccc21. The molecule has 1 heterocycles. The van der Waals surface area contributed by atoms with Crippen molar-refractivity contribution in [3.63, 3.8) is 0 Å². The monoisotopic (exact) mass is 367 g/mol. The van der Waals surface area contributed by atoms with Gasteiger partial charge in [0.15, 0.2) is 0 Å². The standard InChI is InChI=1S/C21H25N3O3/c1-15-9-10-19(27-4)16(13-15)14-22(2)20(25)11-12-24-18-8-6-5-7-17(18)23(3)21(24)26/h5-10,13H,11-12,14H2,1-4H3. The number of imidazole rings is 1. The number of ether oxygens (including phenoxy) is 1. The van der Waals surface area contributed by atoms with Gasteiger partial charge in [-0.25, -0.2) is 4.79 Å². The Morgan fingerprint density at radius 3 is 2.56 bits per heavy atom. The summed E-state index contributed by atoms with van der Waals surface area (Å²) in [5.74, 6) is 0.754. The molecule has 0 saturated carbocycles. The molecule has 3 rings (SSSR count). The lowest BCUT2D eigenvalue weighted by Crippen LogP contribution is -2.29. The number of rotatable bonds is 6. The highest BCUT2D eigenvalue weighted by Gasteiger charge is 2.15. The van der Waals surface area contributed by atoms with Crippen LogP contribution < -0.4 is 10.4 Å². The van der Waals surface area contributed by atoms with Crippen molar-refractivity contribution in [1.29, 1.82) is 0 Å². The first-order chi connectivity index (χ1) is 12.9. The fourth-order valence-corrected chi connectivity index (χ4v) is 3.35. The fraction of sp³-hybridized carbons (Fsp3) is 0.333. The average Bonchev–Trinajstić information content (AvgIpc) is 2.91. The first kappa shape index (κ1) is 18.8. The molecular weight excluding hydrogens is 342 g/mol. The molecule has 0 radical (unpaired) electrons. The molecule has 0 saturated heterocycles. The van der Waals surface area contributed by atoms with Crippen LogP contribution in [-0.4, -0.2) is 34.1 Å². The molecule has 1 aromatic heterocycles. The number of aryl methyl sites for hydroxylation is 3. The molecule has 0 atom stereocenters. The number of methoxy groups -OCH3 is 1. The third kappa shape index (κ3) is 3.74. The normalized spacial score (nSPS) is 11.0. The van der Waals surface area contributed by atoms with Crippen LogP contribution in [0, 0.1) is 6.92 Å².